The van der Waals surface area contributed by atoms with Crippen molar-refractivity contribution in [1.29, 1.82) is 0 Å². The molecule has 0 unspecified atom stereocenters. The van der Waals surface area contributed by atoms with E-state index in [4.69, 9.17) is 11.6 Å². The molecule has 1 fully saturated rings. The minimum Gasteiger partial charge on any atom is -0.352 e. The van der Waals surface area contributed by atoms with Gasteiger partial charge in [0, 0.05) is 42.3 Å². The van der Waals surface area contributed by atoms with Crippen LogP contribution in [0.4, 0.5) is 5.69 Å². The van der Waals surface area contributed by atoms with E-state index in [1.807, 2.05) is 0 Å². The van der Waals surface area contributed by atoms with E-state index in [1.54, 1.807) is 40.7 Å². The lowest BCUT2D eigenvalue weighted by molar-refractivity contribution is -0.116. The van der Waals surface area contributed by atoms with Gasteiger partial charge in [0.2, 0.25) is 15.9 Å². The number of hydrogen-bond donors (Lipinski definition) is 2. The fourth-order valence-electron chi connectivity index (χ4n) is 3.88. The summed E-state index contributed by atoms with van der Waals surface area (Å²) in [5.41, 5.74) is 0.961. The van der Waals surface area contributed by atoms with Gasteiger partial charge in [0.15, 0.2) is 0 Å². The Kier molecular flexibility index (Phi) is 7.92. The van der Waals surface area contributed by atoms with E-state index in [0.29, 0.717) is 41.2 Å². The van der Waals surface area contributed by atoms with E-state index in [0.717, 1.165) is 6.42 Å². The number of amides is 2. The molecule has 0 saturated carbocycles. The molecule has 2 aromatic rings. The van der Waals surface area contributed by atoms with Gasteiger partial charge in [-0.3, -0.25) is 9.59 Å². The monoisotopic (exact) mass is 477 g/mol. The molecule has 7 nitrogen and oxygen atoms in total. The van der Waals surface area contributed by atoms with E-state index in [-0.39, 0.29) is 29.7 Å². The van der Waals surface area contributed by atoms with Gasteiger partial charge in [-0.15, -0.1) is 0 Å². The summed E-state index contributed by atoms with van der Waals surface area (Å²) in [6, 6.07) is 12.6. The highest BCUT2D eigenvalue weighted by atomic mass is 35.5. The maximum Gasteiger partial charge on any atom is 0.251 e. The summed E-state index contributed by atoms with van der Waals surface area (Å²) < 4.78 is 27.4. The summed E-state index contributed by atoms with van der Waals surface area (Å²) in [5, 5.41) is 5.94. The molecule has 0 aromatic heterocycles. The molecule has 1 aliphatic heterocycles. The lowest BCUT2D eigenvalue weighted by Gasteiger charge is -2.34. The van der Waals surface area contributed by atoms with Crippen LogP contribution in [-0.4, -0.2) is 44.2 Å². The van der Waals surface area contributed by atoms with Crippen LogP contribution in [-0.2, 0) is 14.8 Å². The van der Waals surface area contributed by atoms with Gasteiger partial charge >= 0.3 is 0 Å². The summed E-state index contributed by atoms with van der Waals surface area (Å²) in [5.74, 6) is 0.0839. The Morgan fingerprint density at radius 1 is 1.00 bits per heavy atom. The predicted molar refractivity (Wildman–Crippen MR) is 125 cm³/mol. The smallest absolute Gasteiger partial charge is 0.251 e. The van der Waals surface area contributed by atoms with Crippen LogP contribution in [0, 0.1) is 11.8 Å². The number of sulfonamides is 1. The number of anilines is 1. The average Bonchev–Trinajstić information content (AvgIpc) is 2.74. The number of nitrogens with zero attached hydrogens (tertiary/aromatic N) is 1. The van der Waals surface area contributed by atoms with E-state index in [1.165, 1.54) is 12.1 Å². The highest BCUT2D eigenvalue weighted by molar-refractivity contribution is 7.89. The second-order valence-electron chi connectivity index (χ2n) is 8.35. The maximum atomic E-state index is 12.9. The maximum absolute atomic E-state index is 12.9. The lowest BCUT2D eigenvalue weighted by Crippen LogP contribution is -2.42. The van der Waals surface area contributed by atoms with Crippen LogP contribution < -0.4 is 10.6 Å². The summed E-state index contributed by atoms with van der Waals surface area (Å²) in [6.07, 6.45) is 1.11. The summed E-state index contributed by atoms with van der Waals surface area (Å²) in [6.45, 7) is 5.34. The van der Waals surface area contributed by atoms with Crippen molar-refractivity contribution in [2.24, 2.45) is 11.8 Å². The molecule has 0 aliphatic carbocycles. The van der Waals surface area contributed by atoms with Crippen LogP contribution in [0.5, 0.6) is 0 Å². The van der Waals surface area contributed by atoms with Gasteiger partial charge in [0.25, 0.3) is 5.91 Å². The molecule has 1 heterocycles. The van der Waals surface area contributed by atoms with Gasteiger partial charge in [0.1, 0.15) is 0 Å². The third-order valence-electron chi connectivity index (χ3n) is 5.36. The van der Waals surface area contributed by atoms with Gasteiger partial charge in [0.05, 0.1) is 4.90 Å². The van der Waals surface area contributed by atoms with Crippen molar-refractivity contribution in [3.63, 3.8) is 0 Å². The molecule has 0 spiro atoms. The first kappa shape index (κ1) is 24.2. The van der Waals surface area contributed by atoms with Crippen molar-refractivity contribution in [2.45, 2.75) is 31.6 Å². The molecule has 2 atom stereocenters. The molecular weight excluding hydrogens is 450 g/mol. The molecule has 1 aliphatic rings. The molecule has 2 amide bonds. The Morgan fingerprint density at radius 2 is 1.59 bits per heavy atom. The van der Waals surface area contributed by atoms with Gasteiger partial charge in [-0.25, -0.2) is 8.42 Å². The number of hydrogen-bond acceptors (Lipinski definition) is 4. The molecular formula is C23H28ClN3O4S. The minimum atomic E-state index is -3.56. The predicted octanol–water partition coefficient (Wildman–Crippen LogP) is 3.77. The fraction of sp³-hybridized carbons (Fsp3) is 0.391. The standard InChI is InChI=1S/C23H28ClN3O4S/c1-16-13-17(2)15-27(14-16)32(30,31)21-9-7-20(8-10-21)26-22(28)11-12-25-23(29)18-3-5-19(24)6-4-18/h3-10,16-17H,11-15H2,1-2H3,(H,25,29)(H,26,28)/t16-,17-/m1/s1. The van der Waals surface area contributed by atoms with E-state index < -0.39 is 10.0 Å². The SMILES string of the molecule is C[C@@H]1C[C@@H](C)CN(S(=O)(=O)c2ccc(NC(=O)CCNC(=O)c3ccc(Cl)cc3)cc2)C1. The van der Waals surface area contributed by atoms with E-state index >= 15 is 0 Å². The Balaban J connectivity index is 1.51. The van der Waals surface area contributed by atoms with Crippen LogP contribution in [0.25, 0.3) is 0 Å². The van der Waals surface area contributed by atoms with Crippen molar-refractivity contribution >= 4 is 39.1 Å². The van der Waals surface area contributed by atoms with Gasteiger partial charge in [-0.2, -0.15) is 4.31 Å². The second-order valence-corrected chi connectivity index (χ2v) is 10.7. The van der Waals surface area contributed by atoms with Gasteiger partial charge in [-0.05, 0) is 66.8 Å². The molecule has 0 radical (unpaired) electrons. The van der Waals surface area contributed by atoms with Crippen molar-refractivity contribution in [1.82, 2.24) is 9.62 Å². The van der Waals surface area contributed by atoms with Crippen LogP contribution in [0.1, 0.15) is 37.0 Å². The zero-order valence-corrected chi connectivity index (χ0v) is 19.7. The van der Waals surface area contributed by atoms with Crippen molar-refractivity contribution < 1.29 is 18.0 Å². The molecule has 2 aromatic carbocycles. The Morgan fingerprint density at radius 3 is 2.19 bits per heavy atom. The average molecular weight is 478 g/mol. The third kappa shape index (κ3) is 6.31. The van der Waals surface area contributed by atoms with E-state index in [9.17, 15) is 18.0 Å². The first-order valence-corrected chi connectivity index (χ1v) is 12.4. The first-order chi connectivity index (χ1) is 15.1. The van der Waals surface area contributed by atoms with Crippen molar-refractivity contribution in [2.75, 3.05) is 25.0 Å². The van der Waals surface area contributed by atoms with Crippen molar-refractivity contribution in [3.05, 3.63) is 59.1 Å². The second kappa shape index (κ2) is 10.5. The highest BCUT2D eigenvalue weighted by Crippen LogP contribution is 2.27. The molecule has 3 rings (SSSR count). The van der Waals surface area contributed by atoms with Crippen LogP contribution in [0.3, 0.4) is 0 Å². The molecule has 1 saturated heterocycles. The molecule has 172 valence electrons. The van der Waals surface area contributed by atoms with Crippen LogP contribution in [0.2, 0.25) is 5.02 Å². The normalized spacial score (nSPS) is 19.3. The number of nitrogens with one attached hydrogen (secondary N) is 2. The topological polar surface area (TPSA) is 95.6 Å². The Hall–Kier alpha value is -2.42. The largest absolute Gasteiger partial charge is 0.352 e. The summed E-state index contributed by atoms with van der Waals surface area (Å²) >= 11 is 5.80. The molecule has 0 bridgehead atoms. The minimum absolute atomic E-state index is 0.0862. The van der Waals surface area contributed by atoms with Crippen LogP contribution in [0.15, 0.2) is 53.4 Å². The number of carbonyl (C=O) groups is 2. The van der Waals surface area contributed by atoms with Crippen molar-refractivity contribution in [3.8, 4) is 0 Å². The number of rotatable bonds is 7. The summed E-state index contributed by atoms with van der Waals surface area (Å²) in [7, 11) is -3.56. The number of halogens is 1. The lowest BCUT2D eigenvalue weighted by atomic mass is 9.94. The Bertz CT molecular complexity index is 1050. The third-order valence-corrected chi connectivity index (χ3v) is 7.45. The summed E-state index contributed by atoms with van der Waals surface area (Å²) in [4.78, 5) is 24.4. The number of benzene rings is 2. The number of piperidine rings is 1. The highest BCUT2D eigenvalue weighted by Gasteiger charge is 2.31. The molecule has 32 heavy (non-hydrogen) atoms. The molecule has 9 heteroatoms. The van der Waals surface area contributed by atoms with E-state index in [2.05, 4.69) is 24.5 Å². The van der Waals surface area contributed by atoms with Crippen LogP contribution >= 0.6 is 11.6 Å². The first-order valence-electron chi connectivity index (χ1n) is 10.6. The van der Waals surface area contributed by atoms with Gasteiger partial charge < -0.3 is 10.6 Å². The quantitative estimate of drug-likeness (QED) is 0.634. The zero-order chi connectivity index (χ0) is 23.3. The fourth-order valence-corrected chi connectivity index (χ4v) is 5.68. The Labute approximate surface area is 194 Å². The van der Waals surface area contributed by atoms with Gasteiger partial charge in [-0.1, -0.05) is 25.4 Å². The zero-order valence-electron chi connectivity index (χ0n) is 18.2. The molecule has 2 N–H and O–H groups in total. The number of carbonyl (C=O) groups excluding carboxylic acids is 2.